The van der Waals surface area contributed by atoms with Crippen molar-refractivity contribution in [3.63, 3.8) is 0 Å². The van der Waals surface area contributed by atoms with Gasteiger partial charge in [0.1, 0.15) is 0 Å². The van der Waals surface area contributed by atoms with E-state index in [1.165, 1.54) is 16.4 Å². The number of hydrogen-bond donors (Lipinski definition) is 2. The van der Waals surface area contributed by atoms with E-state index < -0.39 is 17.6 Å². The highest BCUT2D eigenvalue weighted by Crippen LogP contribution is 2.47. The molecule has 0 radical (unpaired) electrons. The van der Waals surface area contributed by atoms with Crippen molar-refractivity contribution < 1.29 is 22.0 Å². The van der Waals surface area contributed by atoms with Crippen molar-refractivity contribution >= 4 is 23.3 Å². The summed E-state index contributed by atoms with van der Waals surface area (Å²) in [6, 6.07) is 6.44. The van der Waals surface area contributed by atoms with Crippen LogP contribution in [-0.4, -0.2) is 57.8 Å². The first-order valence-corrected chi connectivity index (χ1v) is 12.4. The molecule has 1 aliphatic rings. The molecule has 1 saturated heterocycles. The quantitative estimate of drug-likeness (QED) is 0.442. The third kappa shape index (κ3) is 6.27. The SMILES string of the molecule is CCOP(=O)(CCNC1CCN(S(=O)(=O)c2ccc(N)cc2)CC1)OCC. The highest BCUT2D eigenvalue weighted by Gasteiger charge is 2.30. The van der Waals surface area contributed by atoms with Gasteiger partial charge < -0.3 is 20.1 Å². The van der Waals surface area contributed by atoms with Crippen LogP contribution in [0, 0.1) is 0 Å². The number of sulfonamides is 1. The second kappa shape index (κ2) is 10.0. The number of anilines is 1. The lowest BCUT2D eigenvalue weighted by Crippen LogP contribution is -2.45. The Morgan fingerprint density at radius 3 is 2.22 bits per heavy atom. The fraction of sp³-hybridized carbons (Fsp3) is 0.647. The Balaban J connectivity index is 1.83. The lowest BCUT2D eigenvalue weighted by atomic mass is 10.1. The van der Waals surface area contributed by atoms with E-state index in [-0.39, 0.29) is 10.9 Å². The van der Waals surface area contributed by atoms with E-state index in [2.05, 4.69) is 5.32 Å². The summed E-state index contributed by atoms with van der Waals surface area (Å²) in [6.07, 6.45) is 1.70. The molecule has 0 spiro atoms. The minimum Gasteiger partial charge on any atom is -0.399 e. The van der Waals surface area contributed by atoms with Gasteiger partial charge >= 0.3 is 7.60 Å². The molecule has 1 fully saturated rings. The van der Waals surface area contributed by atoms with E-state index in [1.807, 2.05) is 0 Å². The van der Waals surface area contributed by atoms with Crippen molar-refractivity contribution in [2.45, 2.75) is 37.6 Å². The molecule has 0 amide bonds. The van der Waals surface area contributed by atoms with E-state index in [0.29, 0.717) is 57.5 Å². The van der Waals surface area contributed by atoms with Gasteiger partial charge in [0.25, 0.3) is 0 Å². The van der Waals surface area contributed by atoms with Crippen molar-refractivity contribution in [2.75, 3.05) is 44.7 Å². The predicted octanol–water partition coefficient (Wildman–Crippen LogP) is 2.28. The summed E-state index contributed by atoms with van der Waals surface area (Å²) < 4.78 is 49.9. The molecular formula is C17H30N3O5PS. The summed E-state index contributed by atoms with van der Waals surface area (Å²) in [5.41, 5.74) is 6.16. The first-order chi connectivity index (χ1) is 12.8. The second-order valence-electron chi connectivity index (χ2n) is 6.37. The van der Waals surface area contributed by atoms with Crippen LogP contribution in [0.4, 0.5) is 5.69 Å². The summed E-state index contributed by atoms with van der Waals surface area (Å²) in [4.78, 5) is 0.262. The van der Waals surface area contributed by atoms with Gasteiger partial charge in [0.2, 0.25) is 10.0 Å². The van der Waals surface area contributed by atoms with Crippen LogP contribution in [0.5, 0.6) is 0 Å². The third-order valence-electron chi connectivity index (χ3n) is 4.44. The Bertz CT molecular complexity index is 723. The maximum absolute atomic E-state index is 12.7. The number of benzene rings is 1. The Hall–Kier alpha value is -0.960. The van der Waals surface area contributed by atoms with Gasteiger partial charge in [0.05, 0.1) is 24.3 Å². The second-order valence-corrected chi connectivity index (χ2v) is 10.5. The molecule has 27 heavy (non-hydrogen) atoms. The Morgan fingerprint density at radius 2 is 1.70 bits per heavy atom. The van der Waals surface area contributed by atoms with Crippen LogP contribution in [0.15, 0.2) is 29.2 Å². The zero-order valence-electron chi connectivity index (χ0n) is 16.0. The van der Waals surface area contributed by atoms with Gasteiger partial charge in [-0.25, -0.2) is 8.42 Å². The van der Waals surface area contributed by atoms with E-state index >= 15 is 0 Å². The van der Waals surface area contributed by atoms with Crippen molar-refractivity contribution in [2.24, 2.45) is 0 Å². The standard InChI is InChI=1S/C17H30N3O5PS/c1-3-24-26(21,25-4-2)14-11-19-16-9-12-20(13-10-16)27(22,23)17-7-5-15(18)6-8-17/h5-8,16,19H,3-4,9-14,18H2,1-2H3. The number of nitrogen functional groups attached to an aromatic ring is 1. The number of nitrogens with one attached hydrogen (secondary N) is 1. The van der Waals surface area contributed by atoms with Gasteiger partial charge in [0.15, 0.2) is 0 Å². The largest absolute Gasteiger partial charge is 0.399 e. The molecular weight excluding hydrogens is 389 g/mol. The van der Waals surface area contributed by atoms with Gasteiger partial charge in [0, 0.05) is 31.4 Å². The zero-order valence-corrected chi connectivity index (χ0v) is 17.7. The fourth-order valence-corrected chi connectivity index (χ4v) is 6.05. The van der Waals surface area contributed by atoms with E-state index in [0.717, 1.165) is 0 Å². The summed E-state index contributed by atoms with van der Waals surface area (Å²) in [6.45, 7) is 5.66. The molecule has 0 unspecified atom stereocenters. The van der Waals surface area contributed by atoms with Crippen molar-refractivity contribution in [1.82, 2.24) is 9.62 Å². The average molecular weight is 419 g/mol. The summed E-state index contributed by atoms with van der Waals surface area (Å²) in [5, 5.41) is 3.34. The van der Waals surface area contributed by atoms with Crippen LogP contribution in [0.25, 0.3) is 0 Å². The maximum atomic E-state index is 12.7. The normalized spacial score (nSPS) is 17.3. The van der Waals surface area contributed by atoms with Crippen molar-refractivity contribution in [1.29, 1.82) is 0 Å². The predicted molar refractivity (Wildman–Crippen MR) is 106 cm³/mol. The Kier molecular flexibility index (Phi) is 8.27. The van der Waals surface area contributed by atoms with Gasteiger partial charge in [-0.2, -0.15) is 4.31 Å². The number of hydrogen-bond acceptors (Lipinski definition) is 7. The summed E-state index contributed by atoms with van der Waals surface area (Å²) in [7, 11) is -6.54. The summed E-state index contributed by atoms with van der Waals surface area (Å²) >= 11 is 0. The van der Waals surface area contributed by atoms with Crippen LogP contribution >= 0.6 is 7.60 Å². The van der Waals surface area contributed by atoms with Crippen LogP contribution in [0.3, 0.4) is 0 Å². The van der Waals surface area contributed by atoms with Crippen molar-refractivity contribution in [3.05, 3.63) is 24.3 Å². The molecule has 0 saturated carbocycles. The maximum Gasteiger partial charge on any atom is 0.331 e. The molecule has 1 heterocycles. The topological polar surface area (TPSA) is 111 Å². The molecule has 1 aromatic carbocycles. The summed E-state index contributed by atoms with van der Waals surface area (Å²) in [5.74, 6) is 0. The molecule has 0 atom stereocenters. The molecule has 1 aromatic rings. The van der Waals surface area contributed by atoms with E-state index in [9.17, 15) is 13.0 Å². The van der Waals surface area contributed by atoms with Crippen LogP contribution < -0.4 is 11.1 Å². The minimum absolute atomic E-state index is 0.180. The van der Waals surface area contributed by atoms with Gasteiger partial charge in [-0.1, -0.05) is 0 Å². The Labute approximate surface area is 162 Å². The highest BCUT2D eigenvalue weighted by molar-refractivity contribution is 7.89. The smallest absolute Gasteiger partial charge is 0.331 e. The average Bonchev–Trinajstić information content (AvgIpc) is 2.63. The number of rotatable bonds is 10. The van der Waals surface area contributed by atoms with Crippen LogP contribution in [-0.2, 0) is 23.6 Å². The minimum atomic E-state index is -3.50. The van der Waals surface area contributed by atoms with Crippen LogP contribution in [0.2, 0.25) is 0 Å². The van der Waals surface area contributed by atoms with Crippen molar-refractivity contribution in [3.8, 4) is 0 Å². The molecule has 0 bridgehead atoms. The first kappa shape index (κ1) is 22.3. The molecule has 8 nitrogen and oxygen atoms in total. The molecule has 1 aliphatic heterocycles. The molecule has 2 rings (SSSR count). The first-order valence-electron chi connectivity index (χ1n) is 9.28. The molecule has 154 valence electrons. The lowest BCUT2D eigenvalue weighted by Gasteiger charge is -2.32. The van der Waals surface area contributed by atoms with Gasteiger partial charge in [-0.3, -0.25) is 4.57 Å². The monoisotopic (exact) mass is 419 g/mol. The zero-order chi connectivity index (χ0) is 19.9. The van der Waals surface area contributed by atoms with E-state index in [1.54, 1.807) is 26.0 Å². The highest BCUT2D eigenvalue weighted by atomic mass is 32.2. The molecule has 10 heteroatoms. The number of piperidine rings is 1. The third-order valence-corrected chi connectivity index (χ3v) is 8.43. The number of nitrogens with two attached hydrogens (primary N) is 1. The van der Waals surface area contributed by atoms with Gasteiger partial charge in [-0.15, -0.1) is 0 Å². The fourth-order valence-electron chi connectivity index (χ4n) is 3.05. The van der Waals surface area contributed by atoms with Gasteiger partial charge in [-0.05, 0) is 51.0 Å². The van der Waals surface area contributed by atoms with E-state index in [4.69, 9.17) is 14.8 Å². The molecule has 0 aliphatic carbocycles. The Morgan fingerprint density at radius 1 is 1.15 bits per heavy atom. The number of nitrogens with zero attached hydrogens (tertiary/aromatic N) is 1. The van der Waals surface area contributed by atoms with Crippen LogP contribution in [0.1, 0.15) is 26.7 Å². The molecule has 0 aromatic heterocycles. The molecule has 3 N–H and O–H groups in total. The lowest BCUT2D eigenvalue weighted by molar-refractivity contribution is 0.219.